The minimum absolute atomic E-state index is 0.0154. The van der Waals surface area contributed by atoms with Crippen LogP contribution in [-0.2, 0) is 9.57 Å². The molecule has 1 amide bonds. The molecule has 2 N–H and O–H groups in total. The number of hydrogen-bond donors (Lipinski definition) is 2. The van der Waals surface area contributed by atoms with Gasteiger partial charge in [0.1, 0.15) is 18.0 Å². The SMILES string of the molecule is O=C(c1cccnc1)N(CCO)O[C@@H]1CNCCO[C@H]1c1ccc(Cl)c(F)c1. The number of hydroxylamine groups is 2. The fourth-order valence-corrected chi connectivity index (χ4v) is 3.02. The van der Waals surface area contributed by atoms with Crippen molar-refractivity contribution >= 4 is 17.5 Å². The lowest BCUT2D eigenvalue weighted by atomic mass is 10.0. The molecule has 1 fully saturated rings. The van der Waals surface area contributed by atoms with Crippen LogP contribution >= 0.6 is 11.6 Å². The van der Waals surface area contributed by atoms with Gasteiger partial charge in [0.25, 0.3) is 5.91 Å². The topological polar surface area (TPSA) is 83.9 Å². The second-order valence-electron chi connectivity index (χ2n) is 6.19. The molecule has 0 saturated carbocycles. The van der Waals surface area contributed by atoms with E-state index in [-0.39, 0.29) is 18.2 Å². The third kappa shape index (κ3) is 5.03. The van der Waals surface area contributed by atoms with Crippen molar-refractivity contribution in [2.75, 3.05) is 32.8 Å². The Morgan fingerprint density at radius 3 is 3.04 bits per heavy atom. The van der Waals surface area contributed by atoms with E-state index in [0.717, 1.165) is 5.06 Å². The summed E-state index contributed by atoms with van der Waals surface area (Å²) in [5, 5.41) is 13.6. The highest BCUT2D eigenvalue weighted by Gasteiger charge is 2.31. The zero-order chi connectivity index (χ0) is 19.9. The lowest BCUT2D eigenvalue weighted by Gasteiger charge is -2.30. The number of aromatic nitrogens is 1. The van der Waals surface area contributed by atoms with Gasteiger partial charge in [0.15, 0.2) is 0 Å². The lowest BCUT2D eigenvalue weighted by Crippen LogP contribution is -2.42. The molecule has 7 nitrogen and oxygen atoms in total. The van der Waals surface area contributed by atoms with E-state index < -0.39 is 23.9 Å². The highest BCUT2D eigenvalue weighted by Crippen LogP contribution is 2.28. The average molecular weight is 410 g/mol. The van der Waals surface area contributed by atoms with Crippen molar-refractivity contribution in [3.63, 3.8) is 0 Å². The number of pyridine rings is 1. The fourth-order valence-electron chi connectivity index (χ4n) is 2.90. The van der Waals surface area contributed by atoms with Gasteiger partial charge in [-0.2, -0.15) is 0 Å². The first-order chi connectivity index (χ1) is 13.6. The zero-order valence-corrected chi connectivity index (χ0v) is 15.8. The first-order valence-electron chi connectivity index (χ1n) is 8.87. The molecule has 0 radical (unpaired) electrons. The van der Waals surface area contributed by atoms with E-state index in [4.69, 9.17) is 21.2 Å². The van der Waals surface area contributed by atoms with Crippen LogP contribution in [0.25, 0.3) is 0 Å². The molecule has 1 aliphatic heterocycles. The van der Waals surface area contributed by atoms with Crippen molar-refractivity contribution in [2.45, 2.75) is 12.2 Å². The number of carbonyl (C=O) groups is 1. The predicted octanol–water partition coefficient (Wildman–Crippen LogP) is 1.97. The summed E-state index contributed by atoms with van der Waals surface area (Å²) in [4.78, 5) is 22.6. The Balaban J connectivity index is 1.83. The Morgan fingerprint density at radius 2 is 2.32 bits per heavy atom. The van der Waals surface area contributed by atoms with Crippen molar-refractivity contribution in [2.24, 2.45) is 0 Å². The summed E-state index contributed by atoms with van der Waals surface area (Å²) in [5.41, 5.74) is 0.876. The molecule has 9 heteroatoms. The van der Waals surface area contributed by atoms with Crippen molar-refractivity contribution in [1.82, 2.24) is 15.4 Å². The second-order valence-corrected chi connectivity index (χ2v) is 6.59. The molecule has 1 aliphatic rings. The number of benzene rings is 1. The van der Waals surface area contributed by atoms with Crippen LogP contribution in [0.3, 0.4) is 0 Å². The van der Waals surface area contributed by atoms with Gasteiger partial charge in [0.05, 0.1) is 30.3 Å². The molecule has 2 atom stereocenters. The molecule has 0 aliphatic carbocycles. The maximum Gasteiger partial charge on any atom is 0.279 e. The Morgan fingerprint density at radius 1 is 1.46 bits per heavy atom. The van der Waals surface area contributed by atoms with Crippen molar-refractivity contribution in [1.29, 1.82) is 0 Å². The van der Waals surface area contributed by atoms with Gasteiger partial charge >= 0.3 is 0 Å². The molecule has 2 aromatic rings. The van der Waals surface area contributed by atoms with Gasteiger partial charge in [-0.25, -0.2) is 9.45 Å². The number of halogens is 2. The van der Waals surface area contributed by atoms with Gasteiger partial charge in [0.2, 0.25) is 0 Å². The Hall–Kier alpha value is -2.10. The first-order valence-corrected chi connectivity index (χ1v) is 9.24. The Labute approximate surface area is 167 Å². The van der Waals surface area contributed by atoms with Crippen LogP contribution in [0.15, 0.2) is 42.7 Å². The van der Waals surface area contributed by atoms with E-state index in [2.05, 4.69) is 10.3 Å². The van der Waals surface area contributed by atoms with Crippen LogP contribution in [0.5, 0.6) is 0 Å². The Kier molecular flexibility index (Phi) is 7.30. The molecule has 1 aromatic carbocycles. The molecule has 2 heterocycles. The quantitative estimate of drug-likeness (QED) is 0.710. The fraction of sp³-hybridized carbons (Fsp3) is 0.368. The molecule has 28 heavy (non-hydrogen) atoms. The van der Waals surface area contributed by atoms with Crippen molar-refractivity contribution in [3.05, 3.63) is 64.7 Å². The minimum Gasteiger partial charge on any atom is -0.394 e. The molecule has 0 bridgehead atoms. The number of aliphatic hydroxyl groups is 1. The summed E-state index contributed by atoms with van der Waals surface area (Å²) >= 11 is 5.78. The van der Waals surface area contributed by atoms with Crippen LogP contribution in [0.1, 0.15) is 22.0 Å². The van der Waals surface area contributed by atoms with E-state index in [1.807, 2.05) is 0 Å². The van der Waals surface area contributed by atoms with Gasteiger partial charge in [-0.3, -0.25) is 14.6 Å². The molecular weight excluding hydrogens is 389 g/mol. The monoisotopic (exact) mass is 409 g/mol. The van der Waals surface area contributed by atoms with Gasteiger partial charge in [-0.15, -0.1) is 0 Å². The normalized spacial score (nSPS) is 19.8. The van der Waals surface area contributed by atoms with Crippen LogP contribution in [0.4, 0.5) is 4.39 Å². The number of ether oxygens (including phenoxy) is 1. The maximum atomic E-state index is 13.9. The summed E-state index contributed by atoms with van der Waals surface area (Å²) in [7, 11) is 0. The molecule has 0 spiro atoms. The number of nitrogens with one attached hydrogen (secondary N) is 1. The molecule has 1 aromatic heterocycles. The van der Waals surface area contributed by atoms with Crippen LogP contribution < -0.4 is 5.32 Å². The van der Waals surface area contributed by atoms with E-state index >= 15 is 0 Å². The molecule has 150 valence electrons. The highest BCUT2D eigenvalue weighted by molar-refractivity contribution is 6.30. The number of rotatable bonds is 6. The number of aliphatic hydroxyl groups excluding tert-OH is 1. The zero-order valence-electron chi connectivity index (χ0n) is 15.1. The summed E-state index contributed by atoms with van der Waals surface area (Å²) in [5.74, 6) is -0.996. The molecular formula is C19H21ClFN3O4. The van der Waals surface area contributed by atoms with Crippen molar-refractivity contribution < 1.29 is 23.9 Å². The minimum atomic E-state index is -0.629. The number of hydrogen-bond acceptors (Lipinski definition) is 6. The first kappa shape index (κ1) is 20.6. The standard InChI is InChI=1S/C19H21ClFN3O4/c20-15-4-3-13(10-16(15)21)18-17(12-23-6-9-27-18)28-24(7-8-25)19(26)14-2-1-5-22-11-14/h1-5,10-11,17-18,23,25H,6-9,12H2/t17-,18+/m1/s1. The lowest BCUT2D eigenvalue weighted by molar-refractivity contribution is -0.198. The van der Waals surface area contributed by atoms with Gasteiger partial charge < -0.3 is 15.2 Å². The third-order valence-corrected chi connectivity index (χ3v) is 4.54. The van der Waals surface area contributed by atoms with Crippen LogP contribution in [-0.4, -0.2) is 60.0 Å². The third-order valence-electron chi connectivity index (χ3n) is 4.23. The van der Waals surface area contributed by atoms with Crippen LogP contribution in [0.2, 0.25) is 5.02 Å². The Bertz CT molecular complexity index is 796. The van der Waals surface area contributed by atoms with E-state index in [9.17, 15) is 14.3 Å². The van der Waals surface area contributed by atoms with Gasteiger partial charge in [0, 0.05) is 25.5 Å². The van der Waals surface area contributed by atoms with E-state index in [1.165, 1.54) is 18.3 Å². The second kappa shape index (κ2) is 9.90. The van der Waals surface area contributed by atoms with Crippen molar-refractivity contribution in [3.8, 4) is 0 Å². The van der Waals surface area contributed by atoms with Gasteiger partial charge in [-0.05, 0) is 29.8 Å². The van der Waals surface area contributed by atoms with Gasteiger partial charge in [-0.1, -0.05) is 17.7 Å². The molecule has 1 saturated heterocycles. The largest absolute Gasteiger partial charge is 0.394 e. The number of nitrogens with zero attached hydrogens (tertiary/aromatic N) is 2. The summed E-state index contributed by atoms with van der Waals surface area (Å²) < 4.78 is 19.8. The number of amides is 1. The molecule has 3 rings (SSSR count). The summed E-state index contributed by atoms with van der Waals surface area (Å²) in [6, 6.07) is 7.67. The van der Waals surface area contributed by atoms with Crippen LogP contribution in [0, 0.1) is 5.82 Å². The maximum absolute atomic E-state index is 13.9. The van der Waals surface area contributed by atoms with E-state index in [0.29, 0.717) is 30.8 Å². The number of carbonyl (C=O) groups excluding carboxylic acids is 1. The summed E-state index contributed by atoms with van der Waals surface area (Å²) in [6.45, 7) is 1.03. The molecule has 0 unspecified atom stereocenters. The average Bonchev–Trinajstić information content (AvgIpc) is 2.95. The van der Waals surface area contributed by atoms with E-state index in [1.54, 1.807) is 24.4 Å². The predicted molar refractivity (Wildman–Crippen MR) is 100 cm³/mol. The summed E-state index contributed by atoms with van der Waals surface area (Å²) in [6.07, 6.45) is 1.73. The highest BCUT2D eigenvalue weighted by atomic mass is 35.5. The smallest absolute Gasteiger partial charge is 0.279 e.